The number of ether oxygens (including phenoxy) is 1. The highest BCUT2D eigenvalue weighted by molar-refractivity contribution is 9.10. The standard InChI is InChI=1S/C31H34BrCl2N3O5S/c1-20-8-12-25(13-9-20)37(43(40,41)26-14-15-29(42-3)27(32)17-26)19-30(38)36(18-22-10-11-23(33)16-28(22)34)21(2)31(39)35-24-6-4-5-7-24/h8-17,21,24H,4-7,18-19H2,1-3H3,(H,35,39)/t21-/m1/s1. The Morgan fingerprint density at radius 3 is 2.33 bits per heavy atom. The molecule has 0 radical (unpaired) electrons. The van der Waals surface area contributed by atoms with Crippen LogP contribution in [0, 0.1) is 6.92 Å². The molecule has 0 bridgehead atoms. The Morgan fingerprint density at radius 2 is 1.72 bits per heavy atom. The second-order valence-corrected chi connectivity index (χ2v) is 14.1. The summed E-state index contributed by atoms with van der Waals surface area (Å²) >= 11 is 15.9. The highest BCUT2D eigenvalue weighted by atomic mass is 79.9. The lowest BCUT2D eigenvalue weighted by molar-refractivity contribution is -0.139. The predicted molar refractivity (Wildman–Crippen MR) is 173 cm³/mol. The van der Waals surface area contributed by atoms with E-state index in [4.69, 9.17) is 27.9 Å². The molecule has 0 unspecified atom stereocenters. The lowest BCUT2D eigenvalue weighted by atomic mass is 10.1. The maximum atomic E-state index is 14.1. The maximum Gasteiger partial charge on any atom is 0.264 e. The summed E-state index contributed by atoms with van der Waals surface area (Å²) in [5.41, 5.74) is 1.80. The van der Waals surface area contributed by atoms with Crippen molar-refractivity contribution in [2.75, 3.05) is 18.0 Å². The van der Waals surface area contributed by atoms with E-state index in [2.05, 4.69) is 21.2 Å². The van der Waals surface area contributed by atoms with Crippen molar-refractivity contribution in [2.45, 2.75) is 63.1 Å². The Labute approximate surface area is 271 Å². The molecule has 1 fully saturated rings. The predicted octanol–water partition coefficient (Wildman–Crippen LogP) is 6.74. The summed E-state index contributed by atoms with van der Waals surface area (Å²) in [5, 5.41) is 3.82. The zero-order chi connectivity index (χ0) is 31.3. The Morgan fingerprint density at radius 1 is 1.05 bits per heavy atom. The number of nitrogens with one attached hydrogen (secondary N) is 1. The number of benzene rings is 3. The number of carbonyl (C=O) groups is 2. The van der Waals surface area contributed by atoms with Gasteiger partial charge in [-0.05, 0) is 90.6 Å². The van der Waals surface area contributed by atoms with E-state index in [0.29, 0.717) is 31.5 Å². The minimum Gasteiger partial charge on any atom is -0.496 e. The van der Waals surface area contributed by atoms with Crippen LogP contribution in [0.2, 0.25) is 10.0 Å². The van der Waals surface area contributed by atoms with Gasteiger partial charge in [0, 0.05) is 22.6 Å². The molecule has 2 amide bonds. The number of sulfonamides is 1. The highest BCUT2D eigenvalue weighted by Crippen LogP contribution is 2.31. The van der Waals surface area contributed by atoms with Crippen LogP contribution in [0.4, 0.5) is 5.69 Å². The van der Waals surface area contributed by atoms with E-state index in [1.54, 1.807) is 49.4 Å². The normalized spacial score (nSPS) is 14.3. The first-order valence-electron chi connectivity index (χ1n) is 13.9. The summed E-state index contributed by atoms with van der Waals surface area (Å²) < 4.78 is 34.9. The van der Waals surface area contributed by atoms with Gasteiger partial charge in [-0.15, -0.1) is 0 Å². The van der Waals surface area contributed by atoms with Crippen molar-refractivity contribution in [3.63, 3.8) is 0 Å². The van der Waals surface area contributed by atoms with E-state index in [9.17, 15) is 18.0 Å². The Hall–Kier alpha value is -2.79. The van der Waals surface area contributed by atoms with Crippen molar-refractivity contribution in [1.29, 1.82) is 0 Å². The van der Waals surface area contributed by atoms with Gasteiger partial charge < -0.3 is 15.0 Å². The number of rotatable bonds is 11. The fraction of sp³-hybridized carbons (Fsp3) is 0.355. The molecule has 0 aromatic heterocycles. The summed E-state index contributed by atoms with van der Waals surface area (Å²) in [5.74, 6) is -0.420. The fourth-order valence-corrected chi connectivity index (χ4v) is 7.58. The average Bonchev–Trinajstić information content (AvgIpc) is 3.48. The summed E-state index contributed by atoms with van der Waals surface area (Å²) in [6, 6.07) is 15.3. The van der Waals surface area contributed by atoms with E-state index in [-0.39, 0.29) is 23.4 Å². The second kappa shape index (κ2) is 14.3. The van der Waals surface area contributed by atoms with Crippen molar-refractivity contribution in [3.8, 4) is 5.75 Å². The molecule has 230 valence electrons. The van der Waals surface area contributed by atoms with Gasteiger partial charge in [-0.1, -0.05) is 59.8 Å². The summed E-state index contributed by atoms with van der Waals surface area (Å²) in [7, 11) is -2.75. The molecule has 8 nitrogen and oxygen atoms in total. The molecule has 0 spiro atoms. The first-order valence-corrected chi connectivity index (χ1v) is 16.9. The van der Waals surface area contributed by atoms with Gasteiger partial charge in [-0.25, -0.2) is 8.42 Å². The number of methoxy groups -OCH3 is 1. The molecule has 1 aliphatic rings. The summed E-state index contributed by atoms with van der Waals surface area (Å²) in [6.45, 7) is 2.94. The molecule has 3 aromatic carbocycles. The van der Waals surface area contributed by atoms with Gasteiger partial charge in [0.2, 0.25) is 11.8 Å². The molecule has 0 aliphatic heterocycles. The van der Waals surface area contributed by atoms with Gasteiger partial charge in [-0.3, -0.25) is 13.9 Å². The first kappa shape index (κ1) is 33.1. The molecule has 1 atom stereocenters. The van der Waals surface area contributed by atoms with Crippen LogP contribution in [0.25, 0.3) is 0 Å². The molecule has 1 aliphatic carbocycles. The number of hydrogen-bond donors (Lipinski definition) is 1. The second-order valence-electron chi connectivity index (χ2n) is 10.6. The molecule has 3 aromatic rings. The Bertz CT molecular complexity index is 1580. The molecule has 43 heavy (non-hydrogen) atoms. The zero-order valence-electron chi connectivity index (χ0n) is 24.1. The molecule has 0 saturated heterocycles. The van der Waals surface area contributed by atoms with Gasteiger partial charge in [0.1, 0.15) is 18.3 Å². The number of amides is 2. The largest absolute Gasteiger partial charge is 0.496 e. The topological polar surface area (TPSA) is 96.0 Å². The number of aryl methyl sites for hydroxylation is 1. The molecular formula is C31H34BrCl2N3O5S. The van der Waals surface area contributed by atoms with Crippen molar-refractivity contribution in [3.05, 3.63) is 86.3 Å². The van der Waals surface area contributed by atoms with Gasteiger partial charge in [0.25, 0.3) is 10.0 Å². The van der Waals surface area contributed by atoms with E-state index >= 15 is 0 Å². The third-order valence-corrected chi connectivity index (χ3v) is 10.5. The van der Waals surface area contributed by atoms with Crippen molar-refractivity contribution in [1.82, 2.24) is 10.2 Å². The minimum absolute atomic E-state index is 0.0239. The van der Waals surface area contributed by atoms with Crippen LogP contribution in [0.15, 0.2) is 70.0 Å². The smallest absolute Gasteiger partial charge is 0.264 e. The summed E-state index contributed by atoms with van der Waals surface area (Å²) in [6.07, 6.45) is 3.83. The van der Waals surface area contributed by atoms with Crippen LogP contribution < -0.4 is 14.4 Å². The minimum atomic E-state index is -4.24. The van der Waals surface area contributed by atoms with Crippen molar-refractivity contribution in [2.24, 2.45) is 0 Å². The van der Waals surface area contributed by atoms with E-state index in [0.717, 1.165) is 35.6 Å². The van der Waals surface area contributed by atoms with Crippen LogP contribution in [0.1, 0.15) is 43.7 Å². The number of nitrogens with zero attached hydrogens (tertiary/aromatic N) is 2. The third kappa shape index (κ3) is 8.03. The monoisotopic (exact) mass is 709 g/mol. The van der Waals surface area contributed by atoms with E-state index < -0.39 is 28.5 Å². The van der Waals surface area contributed by atoms with Crippen molar-refractivity contribution >= 4 is 66.7 Å². The van der Waals surface area contributed by atoms with E-state index in [1.807, 2.05) is 6.92 Å². The number of halogens is 3. The molecule has 1 N–H and O–H groups in total. The molecule has 12 heteroatoms. The maximum absolute atomic E-state index is 14.1. The summed E-state index contributed by atoms with van der Waals surface area (Å²) in [4.78, 5) is 28.8. The van der Waals surface area contributed by atoms with Gasteiger partial charge in [0.05, 0.1) is 22.2 Å². The Kier molecular flexibility index (Phi) is 11.0. The van der Waals surface area contributed by atoms with Gasteiger partial charge >= 0.3 is 0 Å². The van der Waals surface area contributed by atoms with E-state index in [1.165, 1.54) is 30.2 Å². The number of carbonyl (C=O) groups excluding carboxylic acids is 2. The van der Waals surface area contributed by atoms with Crippen LogP contribution >= 0.6 is 39.1 Å². The highest BCUT2D eigenvalue weighted by Gasteiger charge is 2.34. The molecule has 4 rings (SSSR count). The van der Waals surface area contributed by atoms with Crippen LogP contribution in [-0.2, 0) is 26.2 Å². The van der Waals surface area contributed by atoms with Crippen LogP contribution in [0.5, 0.6) is 5.75 Å². The van der Waals surface area contributed by atoms with Gasteiger partial charge in [-0.2, -0.15) is 0 Å². The van der Waals surface area contributed by atoms with Crippen LogP contribution in [0.3, 0.4) is 0 Å². The third-order valence-electron chi connectivity index (χ3n) is 7.54. The molecule has 1 saturated carbocycles. The number of hydrogen-bond acceptors (Lipinski definition) is 5. The molecule has 0 heterocycles. The quantitative estimate of drug-likeness (QED) is 0.238. The number of anilines is 1. The molecular weight excluding hydrogens is 677 g/mol. The Balaban J connectivity index is 1.72. The van der Waals surface area contributed by atoms with Crippen molar-refractivity contribution < 1.29 is 22.7 Å². The van der Waals surface area contributed by atoms with Gasteiger partial charge in [0.15, 0.2) is 0 Å². The van der Waals surface area contributed by atoms with Crippen LogP contribution in [-0.4, -0.2) is 50.9 Å². The lowest BCUT2D eigenvalue weighted by Crippen LogP contribution is -2.52. The first-order chi connectivity index (χ1) is 20.4. The lowest BCUT2D eigenvalue weighted by Gasteiger charge is -2.32. The fourth-order valence-electron chi connectivity index (χ4n) is 4.98. The average molecular weight is 712 g/mol. The zero-order valence-corrected chi connectivity index (χ0v) is 28.1. The SMILES string of the molecule is COc1ccc(S(=O)(=O)N(CC(=O)N(Cc2ccc(Cl)cc2Cl)[C@H](C)C(=O)NC2CCCC2)c2ccc(C)cc2)cc1Br.